The van der Waals surface area contributed by atoms with E-state index < -0.39 is 11.0 Å². The summed E-state index contributed by atoms with van der Waals surface area (Å²) in [6.07, 6.45) is 0.478. The maximum atomic E-state index is 12.5. The van der Waals surface area contributed by atoms with Crippen LogP contribution in [0.15, 0.2) is 24.3 Å². The van der Waals surface area contributed by atoms with Gasteiger partial charge in [0.1, 0.15) is 11.3 Å². The Labute approximate surface area is 166 Å². The van der Waals surface area contributed by atoms with E-state index in [9.17, 15) is 9.59 Å². The molecule has 152 valence electrons. The van der Waals surface area contributed by atoms with Crippen LogP contribution in [0.2, 0.25) is 0 Å². The van der Waals surface area contributed by atoms with Gasteiger partial charge in [-0.1, -0.05) is 19.9 Å². The number of hydrogen-bond acceptors (Lipinski definition) is 5. The monoisotopic (exact) mass is 399 g/mol. The van der Waals surface area contributed by atoms with Crippen molar-refractivity contribution < 1.29 is 19.1 Å². The number of carbonyl (C=O) groups excluding carboxylic acids is 2. The van der Waals surface area contributed by atoms with E-state index in [-0.39, 0.29) is 30.3 Å². The van der Waals surface area contributed by atoms with Crippen molar-refractivity contribution in [1.82, 2.24) is 10.6 Å². The first-order valence-corrected chi connectivity index (χ1v) is 8.87. The van der Waals surface area contributed by atoms with Gasteiger partial charge >= 0.3 is 0 Å². The standard InChI is InChI=1S/C19H29N3O4.ClH/c1-5-26-15-12-19(20,18(15,2)3)17(24)22-10-9-21-16(23)13-7-6-8-14(11-13)25-4;/h6-8,11,15H,5,9-10,12,20H2,1-4H3,(H,21,23)(H,22,24);1H. The SMILES string of the molecule is CCOC1CC(N)(C(=O)NCCNC(=O)c2cccc(OC)c2)C1(C)C.Cl. The molecule has 0 heterocycles. The number of carbonyl (C=O) groups is 2. The third kappa shape index (κ3) is 4.72. The molecule has 1 saturated carbocycles. The zero-order chi connectivity index (χ0) is 19.4. The van der Waals surface area contributed by atoms with Gasteiger partial charge < -0.3 is 25.8 Å². The third-order valence-electron chi connectivity index (χ3n) is 5.26. The molecular weight excluding hydrogens is 370 g/mol. The van der Waals surface area contributed by atoms with Crippen LogP contribution in [0.3, 0.4) is 0 Å². The van der Waals surface area contributed by atoms with Crippen molar-refractivity contribution in [3.8, 4) is 5.75 Å². The largest absolute Gasteiger partial charge is 0.497 e. The quantitative estimate of drug-likeness (QED) is 0.575. The number of ether oxygens (including phenoxy) is 2. The summed E-state index contributed by atoms with van der Waals surface area (Å²) in [5.41, 5.74) is 5.43. The average Bonchev–Trinajstić information content (AvgIpc) is 2.64. The topological polar surface area (TPSA) is 103 Å². The van der Waals surface area contributed by atoms with E-state index in [0.29, 0.717) is 37.4 Å². The van der Waals surface area contributed by atoms with Gasteiger partial charge in [-0.15, -0.1) is 12.4 Å². The second-order valence-electron chi connectivity index (χ2n) is 7.08. The fourth-order valence-corrected chi connectivity index (χ4v) is 3.20. The van der Waals surface area contributed by atoms with E-state index in [0.717, 1.165) is 0 Å². The molecule has 2 unspecified atom stereocenters. The van der Waals surface area contributed by atoms with Crippen molar-refractivity contribution in [3.05, 3.63) is 29.8 Å². The van der Waals surface area contributed by atoms with Crippen molar-refractivity contribution in [2.24, 2.45) is 11.1 Å². The Hall–Kier alpha value is -1.83. The van der Waals surface area contributed by atoms with Crippen LogP contribution in [0, 0.1) is 5.41 Å². The van der Waals surface area contributed by atoms with Gasteiger partial charge in [0.15, 0.2) is 0 Å². The maximum Gasteiger partial charge on any atom is 0.251 e. The number of amides is 2. The van der Waals surface area contributed by atoms with E-state index in [1.807, 2.05) is 20.8 Å². The first kappa shape index (κ1) is 23.2. The van der Waals surface area contributed by atoms with E-state index in [4.69, 9.17) is 15.2 Å². The van der Waals surface area contributed by atoms with Crippen LogP contribution in [-0.4, -0.2) is 50.3 Å². The normalized spacial score (nSPS) is 22.8. The summed E-state index contributed by atoms with van der Waals surface area (Å²) < 4.78 is 10.7. The van der Waals surface area contributed by atoms with Crippen LogP contribution in [-0.2, 0) is 9.53 Å². The zero-order valence-corrected chi connectivity index (χ0v) is 17.2. The number of nitrogens with two attached hydrogens (primary N) is 1. The summed E-state index contributed by atoms with van der Waals surface area (Å²) in [4.78, 5) is 24.6. The highest BCUT2D eigenvalue weighted by molar-refractivity contribution is 5.94. The Kier molecular flexibility index (Phi) is 8.07. The molecule has 4 N–H and O–H groups in total. The second kappa shape index (κ2) is 9.39. The molecule has 0 bridgehead atoms. The van der Waals surface area contributed by atoms with Gasteiger partial charge in [0, 0.05) is 37.1 Å². The average molecular weight is 400 g/mol. The van der Waals surface area contributed by atoms with Gasteiger partial charge in [-0.2, -0.15) is 0 Å². The Morgan fingerprint density at radius 3 is 2.52 bits per heavy atom. The van der Waals surface area contributed by atoms with E-state index >= 15 is 0 Å². The molecule has 0 aliphatic heterocycles. The van der Waals surface area contributed by atoms with Gasteiger partial charge in [-0.3, -0.25) is 9.59 Å². The molecule has 8 heteroatoms. The molecule has 0 spiro atoms. The van der Waals surface area contributed by atoms with Crippen LogP contribution < -0.4 is 21.1 Å². The van der Waals surface area contributed by atoms with Gasteiger partial charge in [0.25, 0.3) is 5.91 Å². The molecule has 7 nitrogen and oxygen atoms in total. The van der Waals surface area contributed by atoms with Gasteiger partial charge in [-0.25, -0.2) is 0 Å². The molecule has 0 saturated heterocycles. The summed E-state index contributed by atoms with van der Waals surface area (Å²) in [6, 6.07) is 6.89. The molecule has 27 heavy (non-hydrogen) atoms. The predicted molar refractivity (Wildman–Crippen MR) is 106 cm³/mol. The lowest BCUT2D eigenvalue weighted by molar-refractivity contribution is -0.170. The lowest BCUT2D eigenvalue weighted by atomic mass is 9.54. The molecule has 2 amide bonds. The van der Waals surface area contributed by atoms with Gasteiger partial charge in [-0.05, 0) is 25.1 Å². The van der Waals surface area contributed by atoms with Crippen LogP contribution in [0.4, 0.5) is 0 Å². The Balaban J connectivity index is 0.00000364. The summed E-state index contributed by atoms with van der Waals surface area (Å²) in [5, 5.41) is 5.58. The predicted octanol–water partition coefficient (Wildman–Crippen LogP) is 1.50. The summed E-state index contributed by atoms with van der Waals surface area (Å²) in [6.45, 7) is 7.04. The fraction of sp³-hybridized carbons (Fsp3) is 0.579. The van der Waals surface area contributed by atoms with Crippen LogP contribution >= 0.6 is 12.4 Å². The van der Waals surface area contributed by atoms with Crippen molar-refractivity contribution in [1.29, 1.82) is 0 Å². The minimum absolute atomic E-state index is 0. The number of nitrogens with one attached hydrogen (secondary N) is 2. The first-order valence-electron chi connectivity index (χ1n) is 8.87. The van der Waals surface area contributed by atoms with E-state index in [1.54, 1.807) is 31.4 Å². The number of hydrogen-bond donors (Lipinski definition) is 3. The highest BCUT2D eigenvalue weighted by Gasteiger charge is 2.62. The lowest BCUT2D eigenvalue weighted by Crippen LogP contribution is -2.75. The minimum atomic E-state index is -0.955. The molecule has 1 aromatic rings. The van der Waals surface area contributed by atoms with E-state index in [2.05, 4.69) is 10.6 Å². The number of benzene rings is 1. The summed E-state index contributed by atoms with van der Waals surface area (Å²) in [5.74, 6) is 0.183. The van der Waals surface area contributed by atoms with Crippen LogP contribution in [0.25, 0.3) is 0 Å². The molecule has 1 fully saturated rings. The summed E-state index contributed by atoms with van der Waals surface area (Å²) in [7, 11) is 1.55. The Bertz CT molecular complexity index is 668. The fourth-order valence-electron chi connectivity index (χ4n) is 3.20. The van der Waals surface area contributed by atoms with Gasteiger partial charge in [0.05, 0.1) is 13.2 Å². The van der Waals surface area contributed by atoms with Crippen molar-refractivity contribution in [3.63, 3.8) is 0 Å². The van der Waals surface area contributed by atoms with Crippen molar-refractivity contribution in [2.45, 2.75) is 38.8 Å². The smallest absolute Gasteiger partial charge is 0.251 e. The van der Waals surface area contributed by atoms with E-state index in [1.165, 1.54) is 0 Å². The number of rotatable bonds is 8. The zero-order valence-electron chi connectivity index (χ0n) is 16.3. The van der Waals surface area contributed by atoms with Gasteiger partial charge in [0.2, 0.25) is 5.91 Å². The van der Waals surface area contributed by atoms with Crippen molar-refractivity contribution >= 4 is 24.2 Å². The van der Waals surface area contributed by atoms with Crippen LogP contribution in [0.5, 0.6) is 5.75 Å². The first-order chi connectivity index (χ1) is 12.3. The molecule has 2 rings (SSSR count). The molecule has 1 aliphatic carbocycles. The Morgan fingerprint density at radius 2 is 1.93 bits per heavy atom. The highest BCUT2D eigenvalue weighted by atomic mass is 35.5. The summed E-state index contributed by atoms with van der Waals surface area (Å²) >= 11 is 0. The number of halogens is 1. The molecule has 1 aromatic carbocycles. The molecule has 2 atom stereocenters. The Morgan fingerprint density at radius 1 is 1.26 bits per heavy atom. The van der Waals surface area contributed by atoms with Crippen molar-refractivity contribution in [2.75, 3.05) is 26.8 Å². The molecule has 0 radical (unpaired) electrons. The van der Waals surface area contributed by atoms with Crippen LogP contribution in [0.1, 0.15) is 37.6 Å². The molecular formula is C19H30ClN3O4. The lowest BCUT2D eigenvalue weighted by Gasteiger charge is -2.57. The third-order valence-corrected chi connectivity index (χ3v) is 5.26. The maximum absolute atomic E-state index is 12.5. The number of methoxy groups -OCH3 is 1. The molecule has 0 aromatic heterocycles. The highest BCUT2D eigenvalue weighted by Crippen LogP contribution is 2.49. The second-order valence-corrected chi connectivity index (χ2v) is 7.08. The molecule has 1 aliphatic rings. The minimum Gasteiger partial charge on any atom is -0.497 e.